The molecule has 1 atom stereocenters. The number of para-hydroxylation sites is 1. The molecule has 0 aliphatic heterocycles. The smallest absolute Gasteiger partial charge is 0.345 e. The highest BCUT2D eigenvalue weighted by atomic mass is 19.4. The first-order valence-corrected chi connectivity index (χ1v) is 9.04. The van der Waals surface area contributed by atoms with Crippen LogP contribution in [0.3, 0.4) is 0 Å². The fourth-order valence-corrected chi connectivity index (χ4v) is 3.69. The average Bonchev–Trinajstić information content (AvgIpc) is 3.15. The molecule has 0 spiro atoms. The Bertz CT molecular complexity index is 996. The molecule has 144 valence electrons. The number of carbonyl (C=O) groups is 1. The Morgan fingerprint density at radius 2 is 1.79 bits per heavy atom. The molecule has 0 bridgehead atoms. The van der Waals surface area contributed by atoms with Gasteiger partial charge < -0.3 is 5.32 Å². The predicted molar refractivity (Wildman–Crippen MR) is 98.2 cm³/mol. The largest absolute Gasteiger partial charge is 0.434 e. The summed E-state index contributed by atoms with van der Waals surface area (Å²) in [6.07, 6.45) is -1.26. The number of nitrogens with zero attached hydrogens (tertiary/aromatic N) is 2. The predicted octanol–water partition coefficient (Wildman–Crippen LogP) is 4.70. The number of alkyl halides is 3. The van der Waals surface area contributed by atoms with Gasteiger partial charge in [-0.25, -0.2) is 4.68 Å². The molecule has 28 heavy (non-hydrogen) atoms. The Morgan fingerprint density at radius 1 is 1.07 bits per heavy atom. The summed E-state index contributed by atoms with van der Waals surface area (Å²) in [7, 11) is 0. The van der Waals surface area contributed by atoms with E-state index in [1.54, 1.807) is 18.2 Å². The van der Waals surface area contributed by atoms with E-state index in [0.29, 0.717) is 6.42 Å². The minimum atomic E-state index is -4.72. The minimum absolute atomic E-state index is 0.247. The Kier molecular flexibility index (Phi) is 4.66. The Labute approximate surface area is 160 Å². The molecule has 1 aromatic heterocycles. The lowest BCUT2D eigenvalue weighted by atomic mass is 9.87. The van der Waals surface area contributed by atoms with Gasteiger partial charge >= 0.3 is 6.18 Å². The van der Waals surface area contributed by atoms with Crippen LogP contribution >= 0.6 is 0 Å². The van der Waals surface area contributed by atoms with Gasteiger partial charge in [0.05, 0.1) is 23.5 Å². The van der Waals surface area contributed by atoms with Gasteiger partial charge in [0.25, 0.3) is 5.91 Å². The van der Waals surface area contributed by atoms with Gasteiger partial charge in [0.15, 0.2) is 5.69 Å². The highest BCUT2D eigenvalue weighted by Gasteiger charge is 2.41. The standard InChI is InChI=1S/C21H18F3N3O/c22-21(23,24)19-17(13-25-27(19)15-9-2-1-3-10-15)20(28)26-18-12-6-8-14-7-4-5-11-16(14)18/h1-5,7,9-11,13,18H,6,8,12H2,(H,26,28). The maximum atomic E-state index is 13.8. The molecule has 1 unspecified atom stereocenters. The number of nitrogens with one attached hydrogen (secondary N) is 1. The highest BCUT2D eigenvalue weighted by Crippen LogP contribution is 2.35. The first kappa shape index (κ1) is 18.3. The van der Waals surface area contributed by atoms with Crippen molar-refractivity contribution < 1.29 is 18.0 Å². The zero-order chi connectivity index (χ0) is 19.7. The van der Waals surface area contributed by atoms with E-state index in [2.05, 4.69) is 10.4 Å². The molecule has 1 heterocycles. The van der Waals surface area contributed by atoms with Gasteiger partial charge in [-0.05, 0) is 42.5 Å². The molecule has 1 N–H and O–H groups in total. The van der Waals surface area contributed by atoms with E-state index in [9.17, 15) is 18.0 Å². The molecule has 4 rings (SSSR count). The molecule has 0 fully saturated rings. The first-order chi connectivity index (χ1) is 13.4. The van der Waals surface area contributed by atoms with Crippen LogP contribution in [0, 0.1) is 0 Å². The van der Waals surface area contributed by atoms with Gasteiger partial charge in [0.2, 0.25) is 0 Å². The monoisotopic (exact) mass is 385 g/mol. The molecule has 7 heteroatoms. The second-order valence-corrected chi connectivity index (χ2v) is 6.77. The number of hydrogen-bond acceptors (Lipinski definition) is 2. The normalized spacial score (nSPS) is 16.5. The van der Waals surface area contributed by atoms with Crippen molar-refractivity contribution in [2.24, 2.45) is 0 Å². The molecule has 0 saturated heterocycles. The van der Waals surface area contributed by atoms with Crippen LogP contribution in [-0.4, -0.2) is 15.7 Å². The molecule has 1 aliphatic carbocycles. The summed E-state index contributed by atoms with van der Waals surface area (Å²) >= 11 is 0. The second-order valence-electron chi connectivity index (χ2n) is 6.77. The SMILES string of the molecule is O=C(NC1CCCc2ccccc21)c1cnn(-c2ccccc2)c1C(F)(F)F. The van der Waals surface area contributed by atoms with Crippen molar-refractivity contribution >= 4 is 5.91 Å². The molecular weight excluding hydrogens is 367 g/mol. The molecule has 3 aromatic rings. The van der Waals surface area contributed by atoms with E-state index >= 15 is 0 Å². The number of aryl methyl sites for hydroxylation is 1. The summed E-state index contributed by atoms with van der Waals surface area (Å²) in [4.78, 5) is 12.8. The third kappa shape index (κ3) is 3.40. The summed E-state index contributed by atoms with van der Waals surface area (Å²) in [5.41, 5.74) is 0.790. The lowest BCUT2D eigenvalue weighted by Crippen LogP contribution is -2.32. The van der Waals surface area contributed by atoms with Gasteiger partial charge in [0, 0.05) is 0 Å². The number of carbonyl (C=O) groups excluding carboxylic acids is 1. The van der Waals surface area contributed by atoms with E-state index in [1.807, 2.05) is 24.3 Å². The van der Waals surface area contributed by atoms with E-state index in [4.69, 9.17) is 0 Å². The lowest BCUT2D eigenvalue weighted by molar-refractivity contribution is -0.143. The van der Waals surface area contributed by atoms with Crippen molar-refractivity contribution in [3.63, 3.8) is 0 Å². The Hall–Kier alpha value is -3.09. The third-order valence-electron chi connectivity index (χ3n) is 4.96. The molecule has 1 aliphatic rings. The van der Waals surface area contributed by atoms with Crippen LogP contribution in [0.1, 0.15) is 46.1 Å². The van der Waals surface area contributed by atoms with Gasteiger partial charge in [0.1, 0.15) is 0 Å². The lowest BCUT2D eigenvalue weighted by Gasteiger charge is -2.26. The second kappa shape index (κ2) is 7.14. The van der Waals surface area contributed by atoms with Crippen molar-refractivity contribution in [2.75, 3.05) is 0 Å². The van der Waals surface area contributed by atoms with E-state index in [0.717, 1.165) is 34.8 Å². The zero-order valence-electron chi connectivity index (χ0n) is 14.9. The summed E-state index contributed by atoms with van der Waals surface area (Å²) in [6, 6.07) is 15.4. The number of amides is 1. The van der Waals surface area contributed by atoms with Gasteiger partial charge in [-0.3, -0.25) is 4.79 Å². The van der Waals surface area contributed by atoms with Crippen molar-refractivity contribution in [2.45, 2.75) is 31.5 Å². The minimum Gasteiger partial charge on any atom is -0.345 e. The van der Waals surface area contributed by atoms with Crippen LogP contribution in [0.15, 0.2) is 60.8 Å². The molecular formula is C21H18F3N3O. The van der Waals surface area contributed by atoms with E-state index in [1.165, 1.54) is 12.1 Å². The van der Waals surface area contributed by atoms with Crippen LogP contribution < -0.4 is 5.32 Å². The molecule has 0 saturated carbocycles. The first-order valence-electron chi connectivity index (χ1n) is 9.04. The Morgan fingerprint density at radius 3 is 2.54 bits per heavy atom. The summed E-state index contributed by atoms with van der Waals surface area (Å²) in [6.45, 7) is 0. The molecule has 1 amide bonds. The van der Waals surface area contributed by atoms with Crippen LogP contribution in [0.2, 0.25) is 0 Å². The van der Waals surface area contributed by atoms with Gasteiger partial charge in [-0.1, -0.05) is 42.5 Å². The number of aromatic nitrogens is 2. The fraction of sp³-hybridized carbons (Fsp3) is 0.238. The summed E-state index contributed by atoms with van der Waals surface area (Å²) in [5.74, 6) is -0.767. The third-order valence-corrected chi connectivity index (χ3v) is 4.96. The quantitative estimate of drug-likeness (QED) is 0.711. The van der Waals surface area contributed by atoms with Crippen LogP contribution in [-0.2, 0) is 12.6 Å². The van der Waals surface area contributed by atoms with Crippen molar-refractivity contribution in [1.82, 2.24) is 15.1 Å². The molecule has 0 radical (unpaired) electrons. The van der Waals surface area contributed by atoms with E-state index in [-0.39, 0.29) is 11.7 Å². The number of benzene rings is 2. The van der Waals surface area contributed by atoms with Crippen molar-refractivity contribution in [3.05, 3.63) is 83.2 Å². The topological polar surface area (TPSA) is 46.9 Å². The number of hydrogen-bond donors (Lipinski definition) is 1. The van der Waals surface area contributed by atoms with Crippen molar-refractivity contribution in [1.29, 1.82) is 0 Å². The van der Waals surface area contributed by atoms with Gasteiger partial charge in [-0.2, -0.15) is 18.3 Å². The fourth-order valence-electron chi connectivity index (χ4n) is 3.69. The zero-order valence-corrected chi connectivity index (χ0v) is 14.9. The maximum Gasteiger partial charge on any atom is 0.434 e. The van der Waals surface area contributed by atoms with Gasteiger partial charge in [-0.15, -0.1) is 0 Å². The number of halogens is 3. The summed E-state index contributed by atoms with van der Waals surface area (Å²) in [5, 5.41) is 6.62. The number of fused-ring (bicyclic) bond motifs is 1. The van der Waals surface area contributed by atoms with Crippen molar-refractivity contribution in [3.8, 4) is 5.69 Å². The van der Waals surface area contributed by atoms with E-state index < -0.39 is 23.3 Å². The average molecular weight is 385 g/mol. The van der Waals surface area contributed by atoms with Crippen LogP contribution in [0.4, 0.5) is 13.2 Å². The molecule has 4 nitrogen and oxygen atoms in total. The van der Waals surface area contributed by atoms with Crippen LogP contribution in [0.25, 0.3) is 5.69 Å². The van der Waals surface area contributed by atoms with Crippen LogP contribution in [0.5, 0.6) is 0 Å². The highest BCUT2D eigenvalue weighted by molar-refractivity contribution is 5.95. The summed E-state index contributed by atoms with van der Waals surface area (Å²) < 4.78 is 42.1. The number of rotatable bonds is 3. The maximum absolute atomic E-state index is 13.8. The Balaban J connectivity index is 1.68. The molecule has 2 aromatic carbocycles.